The molecule has 30 heavy (non-hydrogen) atoms. The molecule has 2 aromatic rings. The number of rotatable bonds is 6. The normalized spacial score (nSPS) is 18.4. The van der Waals surface area contributed by atoms with Gasteiger partial charge >= 0.3 is 6.03 Å². The number of carbonyl (C=O) groups excluding carboxylic acids is 3. The minimum atomic E-state index is -1.34. The average Bonchev–Trinajstić information content (AvgIpc) is 2.94. The van der Waals surface area contributed by atoms with Gasteiger partial charge in [-0.25, -0.2) is 4.79 Å². The number of likely N-dealkylation sites (N-methyl/N-ethyl adjacent to an activating group) is 1. The Labute approximate surface area is 184 Å². The van der Waals surface area contributed by atoms with Gasteiger partial charge in [-0.05, 0) is 30.7 Å². The molecule has 0 saturated carbocycles. The molecule has 7 nitrogen and oxygen atoms in total. The molecule has 1 fully saturated rings. The van der Waals surface area contributed by atoms with Crippen LogP contribution in [-0.2, 0) is 21.7 Å². The molecule has 0 bridgehead atoms. The van der Waals surface area contributed by atoms with Crippen molar-refractivity contribution in [3.05, 3.63) is 63.6 Å². The van der Waals surface area contributed by atoms with Gasteiger partial charge in [-0.2, -0.15) is 0 Å². The first-order valence-corrected chi connectivity index (χ1v) is 9.88. The molecule has 1 unspecified atom stereocenters. The zero-order valence-corrected chi connectivity index (χ0v) is 18.3. The summed E-state index contributed by atoms with van der Waals surface area (Å²) in [5.74, 6) is -0.271. The Morgan fingerprint density at radius 3 is 2.53 bits per heavy atom. The van der Waals surface area contributed by atoms with Gasteiger partial charge in [0.1, 0.15) is 17.8 Å². The number of nitrogens with one attached hydrogen (secondary N) is 1. The zero-order valence-electron chi connectivity index (χ0n) is 16.7. The average molecular weight is 450 g/mol. The molecule has 0 aliphatic carbocycles. The molecule has 1 N–H and O–H groups in total. The van der Waals surface area contributed by atoms with Crippen LogP contribution in [0.1, 0.15) is 18.1 Å². The summed E-state index contributed by atoms with van der Waals surface area (Å²) >= 11 is 12.0. The van der Waals surface area contributed by atoms with Crippen LogP contribution in [0.5, 0.6) is 5.75 Å². The fourth-order valence-corrected chi connectivity index (χ4v) is 3.57. The van der Waals surface area contributed by atoms with E-state index in [0.29, 0.717) is 16.3 Å². The number of methoxy groups -OCH3 is 1. The summed E-state index contributed by atoms with van der Waals surface area (Å²) in [7, 11) is 3.16. The summed E-state index contributed by atoms with van der Waals surface area (Å²) in [5.41, 5.74) is -0.0476. The Hall–Kier alpha value is -2.77. The van der Waals surface area contributed by atoms with Crippen molar-refractivity contribution < 1.29 is 19.1 Å². The van der Waals surface area contributed by atoms with Gasteiger partial charge in [0.2, 0.25) is 5.91 Å². The number of ether oxygens (including phenoxy) is 1. The van der Waals surface area contributed by atoms with Crippen molar-refractivity contribution in [1.29, 1.82) is 0 Å². The third kappa shape index (κ3) is 4.08. The SMILES string of the molecule is COc1ccccc1CN(C)C(=O)CN1C(=O)NC(C)(c2ccc(Cl)c(Cl)c2)C1=O. The lowest BCUT2D eigenvalue weighted by molar-refractivity contribution is -0.138. The third-order valence-corrected chi connectivity index (χ3v) is 5.83. The van der Waals surface area contributed by atoms with E-state index in [1.165, 1.54) is 11.0 Å². The van der Waals surface area contributed by atoms with Gasteiger partial charge < -0.3 is 15.0 Å². The molecular weight excluding hydrogens is 429 g/mol. The summed E-state index contributed by atoms with van der Waals surface area (Å²) in [6, 6.07) is 11.4. The van der Waals surface area contributed by atoms with Gasteiger partial charge in [-0.15, -0.1) is 0 Å². The Kier molecular flexibility index (Phi) is 6.24. The summed E-state index contributed by atoms with van der Waals surface area (Å²) in [4.78, 5) is 40.6. The number of benzene rings is 2. The second kappa shape index (κ2) is 8.53. The van der Waals surface area contributed by atoms with E-state index in [4.69, 9.17) is 27.9 Å². The molecule has 1 aliphatic rings. The number of amides is 4. The van der Waals surface area contributed by atoms with Crippen LogP contribution < -0.4 is 10.1 Å². The van der Waals surface area contributed by atoms with Crippen molar-refractivity contribution in [2.75, 3.05) is 20.7 Å². The maximum Gasteiger partial charge on any atom is 0.325 e. The second-order valence-electron chi connectivity index (χ2n) is 7.14. The topological polar surface area (TPSA) is 79.0 Å². The summed E-state index contributed by atoms with van der Waals surface area (Å²) in [6.07, 6.45) is 0. The number of imide groups is 1. The van der Waals surface area contributed by atoms with Crippen LogP contribution in [0.3, 0.4) is 0 Å². The maximum absolute atomic E-state index is 13.0. The Bertz CT molecular complexity index is 1010. The minimum absolute atomic E-state index is 0.267. The van der Waals surface area contributed by atoms with Crippen LogP contribution in [0.2, 0.25) is 10.0 Å². The van der Waals surface area contributed by atoms with Crippen molar-refractivity contribution in [3.63, 3.8) is 0 Å². The largest absolute Gasteiger partial charge is 0.496 e. The molecule has 1 atom stereocenters. The van der Waals surface area contributed by atoms with Crippen LogP contribution in [0.4, 0.5) is 4.79 Å². The van der Waals surface area contributed by atoms with Crippen LogP contribution in [-0.4, -0.2) is 48.3 Å². The van der Waals surface area contributed by atoms with Crippen molar-refractivity contribution in [2.24, 2.45) is 0 Å². The van der Waals surface area contributed by atoms with Crippen LogP contribution in [0.25, 0.3) is 0 Å². The highest BCUT2D eigenvalue weighted by molar-refractivity contribution is 6.42. The lowest BCUT2D eigenvalue weighted by atomic mass is 9.92. The molecule has 1 aliphatic heterocycles. The molecule has 4 amide bonds. The van der Waals surface area contributed by atoms with Gasteiger partial charge in [-0.3, -0.25) is 14.5 Å². The molecule has 1 saturated heterocycles. The Balaban J connectivity index is 1.74. The molecule has 3 rings (SSSR count). The van der Waals surface area contributed by atoms with E-state index < -0.39 is 17.5 Å². The predicted molar refractivity (Wildman–Crippen MR) is 114 cm³/mol. The summed E-state index contributed by atoms with van der Waals surface area (Å²) in [6.45, 7) is 1.46. The Morgan fingerprint density at radius 1 is 1.17 bits per heavy atom. The number of carbonyl (C=O) groups is 3. The number of hydrogen-bond acceptors (Lipinski definition) is 4. The smallest absolute Gasteiger partial charge is 0.325 e. The molecular formula is C21H21Cl2N3O4. The second-order valence-corrected chi connectivity index (χ2v) is 7.95. The van der Waals surface area contributed by atoms with E-state index in [1.807, 2.05) is 18.2 Å². The molecule has 0 aromatic heterocycles. The van der Waals surface area contributed by atoms with E-state index in [9.17, 15) is 14.4 Å². The highest BCUT2D eigenvalue weighted by Crippen LogP contribution is 2.33. The molecule has 1 heterocycles. The van der Waals surface area contributed by atoms with E-state index in [0.717, 1.165) is 10.5 Å². The number of urea groups is 1. The van der Waals surface area contributed by atoms with Gasteiger partial charge in [0.15, 0.2) is 0 Å². The Morgan fingerprint density at radius 2 is 1.87 bits per heavy atom. The summed E-state index contributed by atoms with van der Waals surface area (Å²) in [5, 5.41) is 3.26. The first-order chi connectivity index (χ1) is 14.2. The van der Waals surface area contributed by atoms with Crippen molar-refractivity contribution in [1.82, 2.24) is 15.1 Å². The summed E-state index contributed by atoms with van der Waals surface area (Å²) < 4.78 is 5.30. The first kappa shape index (κ1) is 21.9. The lowest BCUT2D eigenvalue weighted by Gasteiger charge is -2.24. The van der Waals surface area contributed by atoms with Crippen LogP contribution >= 0.6 is 23.2 Å². The zero-order chi connectivity index (χ0) is 22.1. The standard InChI is InChI=1S/C21H21Cl2N3O4/c1-21(14-8-9-15(22)16(23)10-14)19(28)26(20(29)24-21)12-18(27)25(2)11-13-6-4-5-7-17(13)30-3/h4-10H,11-12H2,1-3H3,(H,24,29). The van der Waals surface area contributed by atoms with Crippen molar-refractivity contribution in [2.45, 2.75) is 19.0 Å². The fourth-order valence-electron chi connectivity index (χ4n) is 3.28. The van der Waals surface area contributed by atoms with Crippen molar-refractivity contribution in [3.8, 4) is 5.75 Å². The monoisotopic (exact) mass is 449 g/mol. The van der Waals surface area contributed by atoms with E-state index in [2.05, 4.69) is 5.32 Å². The quantitative estimate of drug-likeness (QED) is 0.685. The number of hydrogen-bond donors (Lipinski definition) is 1. The van der Waals surface area contributed by atoms with Crippen LogP contribution in [0.15, 0.2) is 42.5 Å². The maximum atomic E-state index is 13.0. The van der Waals surface area contributed by atoms with Crippen LogP contribution in [0, 0.1) is 0 Å². The van der Waals surface area contributed by atoms with Gasteiger partial charge in [0.05, 0.1) is 17.2 Å². The molecule has 0 spiro atoms. The lowest BCUT2D eigenvalue weighted by Crippen LogP contribution is -2.43. The van der Waals surface area contributed by atoms with Crippen molar-refractivity contribution >= 4 is 41.0 Å². The van der Waals surface area contributed by atoms with Gasteiger partial charge in [-0.1, -0.05) is 47.5 Å². The van der Waals surface area contributed by atoms with Gasteiger partial charge in [0, 0.05) is 19.2 Å². The highest BCUT2D eigenvalue weighted by Gasteiger charge is 2.49. The highest BCUT2D eigenvalue weighted by atomic mass is 35.5. The van der Waals surface area contributed by atoms with E-state index in [-0.39, 0.29) is 24.0 Å². The molecule has 158 valence electrons. The third-order valence-electron chi connectivity index (χ3n) is 5.09. The number of para-hydroxylation sites is 1. The first-order valence-electron chi connectivity index (χ1n) is 9.13. The predicted octanol–water partition coefficient (Wildman–Crippen LogP) is 3.43. The molecule has 2 aromatic carbocycles. The fraction of sp³-hybridized carbons (Fsp3) is 0.286. The van der Waals surface area contributed by atoms with E-state index in [1.54, 1.807) is 39.3 Å². The van der Waals surface area contributed by atoms with Gasteiger partial charge in [0.25, 0.3) is 5.91 Å². The number of halogens is 2. The van der Waals surface area contributed by atoms with E-state index >= 15 is 0 Å². The number of nitrogens with zero attached hydrogens (tertiary/aromatic N) is 2. The molecule has 0 radical (unpaired) electrons. The molecule has 9 heteroatoms. The minimum Gasteiger partial charge on any atom is -0.496 e.